The predicted octanol–water partition coefficient (Wildman–Crippen LogP) is 4.11. The number of aryl methyl sites for hydroxylation is 1. The van der Waals surface area contributed by atoms with Crippen molar-refractivity contribution in [1.29, 1.82) is 0 Å². The highest BCUT2D eigenvalue weighted by molar-refractivity contribution is 9.10. The lowest BCUT2D eigenvalue weighted by molar-refractivity contribution is 0.202. The fourth-order valence-electron chi connectivity index (χ4n) is 2.16. The van der Waals surface area contributed by atoms with E-state index in [9.17, 15) is 0 Å². The van der Waals surface area contributed by atoms with Gasteiger partial charge >= 0.3 is 0 Å². The lowest BCUT2D eigenvalue weighted by atomic mass is 9.90. The van der Waals surface area contributed by atoms with E-state index in [1.165, 1.54) is 32.1 Å². The summed E-state index contributed by atoms with van der Waals surface area (Å²) in [5.74, 6) is 1.49. The number of hydrogen-bond donors (Lipinski definition) is 0. The van der Waals surface area contributed by atoms with Gasteiger partial charge in [-0.25, -0.2) is 4.98 Å². The molecule has 0 amide bonds. The summed E-state index contributed by atoms with van der Waals surface area (Å²) in [6.07, 6.45) is 6.75. The molecule has 1 aliphatic rings. The Morgan fingerprint density at radius 1 is 1.31 bits per heavy atom. The van der Waals surface area contributed by atoms with Crippen LogP contribution in [0.2, 0.25) is 0 Å². The summed E-state index contributed by atoms with van der Waals surface area (Å²) < 4.78 is 6.79. The van der Waals surface area contributed by atoms with E-state index in [1.807, 2.05) is 19.1 Å². The molecular weight excluding hydrogens is 266 g/mol. The quantitative estimate of drug-likeness (QED) is 0.833. The van der Waals surface area contributed by atoms with Gasteiger partial charge in [0.25, 0.3) is 0 Å². The van der Waals surface area contributed by atoms with Crippen molar-refractivity contribution in [2.45, 2.75) is 39.0 Å². The normalized spacial score (nSPS) is 17.4. The summed E-state index contributed by atoms with van der Waals surface area (Å²) in [6.45, 7) is 2.81. The molecule has 88 valence electrons. The lowest BCUT2D eigenvalue weighted by Crippen LogP contribution is -2.15. The van der Waals surface area contributed by atoms with Gasteiger partial charge < -0.3 is 4.74 Å². The SMILES string of the molecule is Cc1nc(OCC2CCCCC2)ccc1Br. The number of ether oxygens (including phenoxy) is 1. The second-order valence-electron chi connectivity index (χ2n) is 4.53. The van der Waals surface area contributed by atoms with E-state index in [0.717, 1.165) is 28.6 Å². The first kappa shape index (κ1) is 11.9. The molecule has 2 rings (SSSR count). The van der Waals surface area contributed by atoms with Crippen molar-refractivity contribution in [2.75, 3.05) is 6.61 Å². The number of aromatic nitrogens is 1. The van der Waals surface area contributed by atoms with E-state index >= 15 is 0 Å². The number of halogens is 1. The molecular formula is C13H18BrNO. The van der Waals surface area contributed by atoms with E-state index < -0.39 is 0 Å². The lowest BCUT2D eigenvalue weighted by Gasteiger charge is -2.21. The highest BCUT2D eigenvalue weighted by Crippen LogP contribution is 2.24. The first-order valence-corrected chi connectivity index (χ1v) is 6.81. The molecule has 0 spiro atoms. The molecule has 0 N–H and O–H groups in total. The van der Waals surface area contributed by atoms with E-state index in [2.05, 4.69) is 20.9 Å². The number of nitrogens with zero attached hydrogens (tertiary/aromatic N) is 1. The van der Waals surface area contributed by atoms with E-state index in [0.29, 0.717) is 0 Å². The first-order chi connectivity index (χ1) is 7.75. The number of rotatable bonds is 3. The van der Waals surface area contributed by atoms with Crippen LogP contribution in [0, 0.1) is 12.8 Å². The smallest absolute Gasteiger partial charge is 0.213 e. The second-order valence-corrected chi connectivity index (χ2v) is 5.39. The van der Waals surface area contributed by atoms with Crippen LogP contribution < -0.4 is 4.74 Å². The summed E-state index contributed by atoms with van der Waals surface area (Å²) in [5, 5.41) is 0. The van der Waals surface area contributed by atoms with Crippen LogP contribution in [0.5, 0.6) is 5.88 Å². The zero-order chi connectivity index (χ0) is 11.4. The van der Waals surface area contributed by atoms with Gasteiger partial charge in [0.1, 0.15) is 0 Å². The molecule has 1 aromatic rings. The van der Waals surface area contributed by atoms with Crippen molar-refractivity contribution in [3.63, 3.8) is 0 Å². The van der Waals surface area contributed by atoms with Crippen LogP contribution in [-0.4, -0.2) is 11.6 Å². The molecule has 16 heavy (non-hydrogen) atoms. The first-order valence-electron chi connectivity index (χ1n) is 6.01. The molecule has 1 aromatic heterocycles. The largest absolute Gasteiger partial charge is 0.477 e. The summed E-state index contributed by atoms with van der Waals surface area (Å²) in [6, 6.07) is 3.93. The maximum absolute atomic E-state index is 5.75. The van der Waals surface area contributed by atoms with Gasteiger partial charge in [0.15, 0.2) is 0 Å². The molecule has 0 aromatic carbocycles. The second kappa shape index (κ2) is 5.67. The third-order valence-electron chi connectivity index (χ3n) is 3.19. The van der Waals surface area contributed by atoms with Gasteiger partial charge in [-0.05, 0) is 47.7 Å². The van der Waals surface area contributed by atoms with Gasteiger partial charge in [0.05, 0.1) is 12.3 Å². The van der Waals surface area contributed by atoms with E-state index in [-0.39, 0.29) is 0 Å². The van der Waals surface area contributed by atoms with E-state index in [1.54, 1.807) is 0 Å². The van der Waals surface area contributed by atoms with Gasteiger partial charge in [0, 0.05) is 10.5 Å². The van der Waals surface area contributed by atoms with Crippen LogP contribution in [0.3, 0.4) is 0 Å². The van der Waals surface area contributed by atoms with Crippen molar-refractivity contribution in [3.8, 4) is 5.88 Å². The minimum atomic E-state index is 0.736. The van der Waals surface area contributed by atoms with Gasteiger partial charge in [-0.2, -0.15) is 0 Å². The van der Waals surface area contributed by atoms with Gasteiger partial charge in [-0.1, -0.05) is 19.3 Å². The van der Waals surface area contributed by atoms with Crippen molar-refractivity contribution in [2.24, 2.45) is 5.92 Å². The number of pyridine rings is 1. The molecule has 1 aliphatic carbocycles. The van der Waals surface area contributed by atoms with Crippen molar-refractivity contribution < 1.29 is 4.74 Å². The minimum absolute atomic E-state index is 0.736. The Balaban J connectivity index is 1.86. The molecule has 1 fully saturated rings. The van der Waals surface area contributed by atoms with Crippen LogP contribution in [0.1, 0.15) is 37.8 Å². The van der Waals surface area contributed by atoms with Crippen LogP contribution in [0.15, 0.2) is 16.6 Å². The highest BCUT2D eigenvalue weighted by Gasteiger charge is 2.14. The Bertz CT molecular complexity index is 348. The molecule has 0 aliphatic heterocycles. The molecule has 0 atom stereocenters. The summed E-state index contributed by atoms with van der Waals surface area (Å²) in [4.78, 5) is 4.39. The Morgan fingerprint density at radius 2 is 2.06 bits per heavy atom. The summed E-state index contributed by atoms with van der Waals surface area (Å²) in [7, 11) is 0. The average Bonchev–Trinajstić information content (AvgIpc) is 2.32. The van der Waals surface area contributed by atoms with Gasteiger partial charge in [0.2, 0.25) is 5.88 Å². The Hall–Kier alpha value is -0.570. The van der Waals surface area contributed by atoms with Gasteiger partial charge in [-0.15, -0.1) is 0 Å². The zero-order valence-electron chi connectivity index (χ0n) is 9.71. The summed E-state index contributed by atoms with van der Waals surface area (Å²) >= 11 is 3.44. The topological polar surface area (TPSA) is 22.1 Å². The highest BCUT2D eigenvalue weighted by atomic mass is 79.9. The van der Waals surface area contributed by atoms with Crippen molar-refractivity contribution in [3.05, 3.63) is 22.3 Å². The fourth-order valence-corrected chi connectivity index (χ4v) is 2.38. The van der Waals surface area contributed by atoms with Crippen molar-refractivity contribution in [1.82, 2.24) is 4.98 Å². The Morgan fingerprint density at radius 3 is 2.75 bits per heavy atom. The van der Waals surface area contributed by atoms with Crippen LogP contribution >= 0.6 is 15.9 Å². The molecule has 0 bridgehead atoms. The van der Waals surface area contributed by atoms with Gasteiger partial charge in [-0.3, -0.25) is 0 Å². The molecule has 0 saturated heterocycles. The maximum Gasteiger partial charge on any atom is 0.213 e. The molecule has 0 radical (unpaired) electrons. The minimum Gasteiger partial charge on any atom is -0.477 e. The van der Waals surface area contributed by atoms with Crippen LogP contribution in [0.4, 0.5) is 0 Å². The van der Waals surface area contributed by atoms with Crippen molar-refractivity contribution >= 4 is 15.9 Å². The Kier molecular flexibility index (Phi) is 4.22. The third-order valence-corrected chi connectivity index (χ3v) is 4.03. The Labute approximate surface area is 106 Å². The monoisotopic (exact) mass is 283 g/mol. The third kappa shape index (κ3) is 3.21. The van der Waals surface area contributed by atoms with Crippen LogP contribution in [-0.2, 0) is 0 Å². The standard InChI is InChI=1S/C13H18BrNO/c1-10-12(14)7-8-13(15-10)16-9-11-5-3-2-4-6-11/h7-8,11H,2-6,9H2,1H3. The van der Waals surface area contributed by atoms with Crippen LogP contribution in [0.25, 0.3) is 0 Å². The molecule has 0 unspecified atom stereocenters. The molecule has 1 heterocycles. The molecule has 1 saturated carbocycles. The zero-order valence-corrected chi connectivity index (χ0v) is 11.3. The number of hydrogen-bond acceptors (Lipinski definition) is 2. The molecule has 2 nitrogen and oxygen atoms in total. The predicted molar refractivity (Wildman–Crippen MR) is 68.7 cm³/mol. The maximum atomic E-state index is 5.75. The average molecular weight is 284 g/mol. The fraction of sp³-hybridized carbons (Fsp3) is 0.615. The van der Waals surface area contributed by atoms with E-state index in [4.69, 9.17) is 4.74 Å². The molecule has 3 heteroatoms. The summed E-state index contributed by atoms with van der Waals surface area (Å²) in [5.41, 5.74) is 0.987.